The Morgan fingerprint density at radius 2 is 2.05 bits per heavy atom. The molecule has 0 saturated carbocycles. The van der Waals surface area contributed by atoms with E-state index in [1.54, 1.807) is 0 Å². The fourth-order valence-electron chi connectivity index (χ4n) is 2.43. The van der Waals surface area contributed by atoms with Crippen molar-refractivity contribution >= 4 is 5.91 Å². The van der Waals surface area contributed by atoms with Crippen LogP contribution in [0.4, 0.5) is 0 Å². The second-order valence-electron chi connectivity index (χ2n) is 5.67. The molecule has 1 unspecified atom stereocenters. The lowest BCUT2D eigenvalue weighted by atomic mass is 10.0. The van der Waals surface area contributed by atoms with Gasteiger partial charge in [0.1, 0.15) is 0 Å². The van der Waals surface area contributed by atoms with E-state index >= 15 is 0 Å². The first-order valence-corrected chi connectivity index (χ1v) is 7.24. The molecule has 104 valence electrons. The largest absolute Gasteiger partial charge is 0.356 e. The molecular weight excluding hydrogens is 236 g/mol. The van der Waals surface area contributed by atoms with Crippen molar-refractivity contribution in [3.63, 3.8) is 0 Å². The van der Waals surface area contributed by atoms with Crippen molar-refractivity contribution in [2.75, 3.05) is 6.54 Å². The van der Waals surface area contributed by atoms with Gasteiger partial charge in [0.2, 0.25) is 5.91 Å². The van der Waals surface area contributed by atoms with Gasteiger partial charge in [-0.05, 0) is 29.9 Å². The molecule has 19 heavy (non-hydrogen) atoms. The van der Waals surface area contributed by atoms with Gasteiger partial charge in [-0.3, -0.25) is 4.79 Å². The zero-order chi connectivity index (χ0) is 13.7. The third-order valence-corrected chi connectivity index (χ3v) is 3.72. The minimum Gasteiger partial charge on any atom is -0.356 e. The van der Waals surface area contributed by atoms with Crippen molar-refractivity contribution in [1.29, 1.82) is 0 Å². The van der Waals surface area contributed by atoms with E-state index in [0.29, 0.717) is 18.4 Å². The van der Waals surface area contributed by atoms with Crippen LogP contribution in [0.15, 0.2) is 24.3 Å². The number of benzene rings is 1. The molecule has 1 atom stereocenters. The van der Waals surface area contributed by atoms with Gasteiger partial charge in [0.05, 0.1) is 0 Å². The molecule has 1 saturated heterocycles. The molecule has 0 radical (unpaired) electrons. The summed E-state index contributed by atoms with van der Waals surface area (Å²) in [5.74, 6) is 0.748. The fraction of sp³-hybridized carbons (Fsp3) is 0.562. The van der Waals surface area contributed by atoms with E-state index in [1.807, 2.05) is 0 Å². The summed E-state index contributed by atoms with van der Waals surface area (Å²) in [4.78, 5) is 11.5. The van der Waals surface area contributed by atoms with E-state index in [-0.39, 0.29) is 5.91 Å². The van der Waals surface area contributed by atoms with Gasteiger partial charge in [-0.15, -0.1) is 0 Å². The van der Waals surface area contributed by atoms with Gasteiger partial charge < -0.3 is 10.6 Å². The third-order valence-electron chi connectivity index (χ3n) is 3.72. The quantitative estimate of drug-likeness (QED) is 0.873. The summed E-state index contributed by atoms with van der Waals surface area (Å²) < 4.78 is 0. The average Bonchev–Trinajstić information content (AvgIpc) is 2.61. The van der Waals surface area contributed by atoms with Crippen LogP contribution in [-0.4, -0.2) is 18.5 Å². The highest BCUT2D eigenvalue weighted by Crippen LogP contribution is 2.15. The van der Waals surface area contributed by atoms with Crippen LogP contribution in [-0.2, 0) is 11.3 Å². The van der Waals surface area contributed by atoms with Crippen LogP contribution in [0.3, 0.4) is 0 Å². The summed E-state index contributed by atoms with van der Waals surface area (Å²) in [6, 6.07) is 9.06. The lowest BCUT2D eigenvalue weighted by molar-refractivity contribution is -0.121. The molecule has 1 aliphatic rings. The van der Waals surface area contributed by atoms with Crippen LogP contribution in [0, 0.1) is 0 Å². The summed E-state index contributed by atoms with van der Waals surface area (Å²) in [6.45, 7) is 6.07. The van der Waals surface area contributed by atoms with Crippen LogP contribution in [0.2, 0.25) is 0 Å². The Kier molecular flexibility index (Phi) is 4.97. The van der Waals surface area contributed by atoms with Crippen LogP contribution < -0.4 is 10.6 Å². The normalized spacial score (nSPS) is 20.2. The van der Waals surface area contributed by atoms with Crippen LogP contribution in [0.25, 0.3) is 0 Å². The summed E-state index contributed by atoms with van der Waals surface area (Å²) in [5.41, 5.74) is 2.66. The zero-order valence-corrected chi connectivity index (χ0v) is 11.9. The number of hydrogen-bond donors (Lipinski definition) is 2. The van der Waals surface area contributed by atoms with E-state index in [0.717, 1.165) is 25.9 Å². The molecule has 3 heteroatoms. The molecule has 1 aliphatic heterocycles. The SMILES string of the molecule is CC(C)c1ccc(CNC2CCCNC(=O)C2)cc1. The monoisotopic (exact) mass is 260 g/mol. The maximum Gasteiger partial charge on any atom is 0.221 e. The summed E-state index contributed by atoms with van der Waals surface area (Å²) in [5, 5.41) is 6.41. The van der Waals surface area contributed by atoms with Gasteiger partial charge in [-0.1, -0.05) is 38.1 Å². The second-order valence-corrected chi connectivity index (χ2v) is 5.67. The van der Waals surface area contributed by atoms with Gasteiger partial charge in [-0.25, -0.2) is 0 Å². The second kappa shape index (κ2) is 6.71. The predicted octanol–water partition coefficient (Wildman–Crippen LogP) is 2.57. The van der Waals surface area contributed by atoms with Crippen LogP contribution in [0.5, 0.6) is 0 Å². The summed E-state index contributed by atoms with van der Waals surface area (Å²) in [6.07, 6.45) is 2.74. The molecule has 2 N–H and O–H groups in total. The highest BCUT2D eigenvalue weighted by molar-refractivity contribution is 5.76. The highest BCUT2D eigenvalue weighted by Gasteiger charge is 2.16. The van der Waals surface area contributed by atoms with Gasteiger partial charge >= 0.3 is 0 Å². The van der Waals surface area contributed by atoms with E-state index < -0.39 is 0 Å². The maximum absolute atomic E-state index is 11.5. The smallest absolute Gasteiger partial charge is 0.221 e. The van der Waals surface area contributed by atoms with Gasteiger partial charge in [0, 0.05) is 25.6 Å². The first-order chi connectivity index (χ1) is 9.15. The van der Waals surface area contributed by atoms with Crippen LogP contribution in [0.1, 0.15) is 50.2 Å². The minimum atomic E-state index is 0.171. The number of hydrogen-bond acceptors (Lipinski definition) is 2. The standard InChI is InChI=1S/C16H24N2O/c1-12(2)14-7-5-13(6-8-14)11-18-15-4-3-9-17-16(19)10-15/h5-8,12,15,18H,3-4,9-11H2,1-2H3,(H,17,19). The van der Waals surface area contributed by atoms with Crippen molar-refractivity contribution in [3.05, 3.63) is 35.4 Å². The highest BCUT2D eigenvalue weighted by atomic mass is 16.1. The van der Waals surface area contributed by atoms with Gasteiger partial charge in [-0.2, -0.15) is 0 Å². The van der Waals surface area contributed by atoms with E-state index in [4.69, 9.17) is 0 Å². The molecule has 2 rings (SSSR count). The summed E-state index contributed by atoms with van der Waals surface area (Å²) >= 11 is 0. The van der Waals surface area contributed by atoms with Crippen molar-refractivity contribution < 1.29 is 4.79 Å². The van der Waals surface area contributed by atoms with E-state index in [1.165, 1.54) is 11.1 Å². The molecule has 1 aromatic rings. The molecule has 1 fully saturated rings. The third kappa shape index (κ3) is 4.35. The fourth-order valence-corrected chi connectivity index (χ4v) is 2.43. The molecule has 0 bridgehead atoms. The Balaban J connectivity index is 1.85. The number of carbonyl (C=O) groups excluding carboxylic acids is 1. The first-order valence-electron chi connectivity index (χ1n) is 7.24. The number of rotatable bonds is 4. The Labute approximate surface area is 115 Å². The predicted molar refractivity (Wildman–Crippen MR) is 78.0 cm³/mol. The van der Waals surface area contributed by atoms with E-state index in [2.05, 4.69) is 48.7 Å². The molecule has 1 aromatic carbocycles. The van der Waals surface area contributed by atoms with Gasteiger partial charge in [0.15, 0.2) is 0 Å². The van der Waals surface area contributed by atoms with E-state index in [9.17, 15) is 4.79 Å². The molecule has 1 heterocycles. The maximum atomic E-state index is 11.5. The number of nitrogens with one attached hydrogen (secondary N) is 2. The minimum absolute atomic E-state index is 0.171. The Hall–Kier alpha value is -1.35. The zero-order valence-electron chi connectivity index (χ0n) is 11.9. The lowest BCUT2D eigenvalue weighted by Gasteiger charge is -2.15. The molecule has 0 aliphatic carbocycles. The van der Waals surface area contributed by atoms with Crippen molar-refractivity contribution in [2.24, 2.45) is 0 Å². The molecular formula is C16H24N2O. The number of carbonyl (C=O) groups is 1. The lowest BCUT2D eigenvalue weighted by Crippen LogP contribution is -2.32. The number of amides is 1. The molecule has 0 aromatic heterocycles. The van der Waals surface area contributed by atoms with Crippen molar-refractivity contribution in [2.45, 2.75) is 51.6 Å². The first kappa shape index (κ1) is 14.1. The molecule has 0 spiro atoms. The Bertz CT molecular complexity index is 411. The average molecular weight is 260 g/mol. The van der Waals surface area contributed by atoms with Crippen LogP contribution >= 0.6 is 0 Å². The topological polar surface area (TPSA) is 41.1 Å². The Morgan fingerprint density at radius 3 is 2.74 bits per heavy atom. The van der Waals surface area contributed by atoms with Gasteiger partial charge in [0.25, 0.3) is 0 Å². The summed E-state index contributed by atoms with van der Waals surface area (Å²) in [7, 11) is 0. The van der Waals surface area contributed by atoms with Crippen molar-refractivity contribution in [3.8, 4) is 0 Å². The molecule has 1 amide bonds. The Morgan fingerprint density at radius 1 is 1.32 bits per heavy atom. The van der Waals surface area contributed by atoms with Crippen molar-refractivity contribution in [1.82, 2.24) is 10.6 Å². The molecule has 3 nitrogen and oxygen atoms in total.